The first-order valence-electron chi connectivity index (χ1n) is 34.0. The van der Waals surface area contributed by atoms with Crippen molar-refractivity contribution in [2.24, 2.45) is 35.3 Å². The Morgan fingerprint density at radius 3 is 1.92 bits per heavy atom. The second-order valence-corrected chi connectivity index (χ2v) is 26.8. The van der Waals surface area contributed by atoms with Gasteiger partial charge in [0, 0.05) is 72.2 Å². The minimum Gasteiger partial charge on any atom is -0.445 e. The van der Waals surface area contributed by atoms with Crippen molar-refractivity contribution in [3.05, 3.63) is 77.9 Å². The number of amides is 12. The van der Waals surface area contributed by atoms with Crippen molar-refractivity contribution < 1.29 is 72.1 Å². The lowest BCUT2D eigenvalue weighted by molar-refractivity contribution is -0.148. The van der Waals surface area contributed by atoms with Crippen LogP contribution in [-0.4, -0.2) is 192 Å². The average Bonchev–Trinajstić information content (AvgIpc) is 1.28. The molecule has 26 nitrogen and oxygen atoms in total. The standard InChI is InChI=1S/C70H107N11O15/c1-42(2)58(76-54(82)30-20-15-21-38-81-55(83)35-36-56(81)84)66(89)75-51(28-22-37-72-69(71)92)65(88)74-50-33-31-47(32-34-50)41-96-70(93)79(10)60(44(5)6)67(90)77-59(43(3)4)68(91)78(9)61(48-24-16-13-17-25-48)53(94-11)40-57(85)80-39-23-29-52(80)63(95-12)45(7)64(87)73-46(8)62(86)49-26-18-14-19-27-49/h14,18-19,26-27,31-36,42-46,48,51-53,58-63,86H,13,15-17,20-25,28-30,37-41H2,1-12H3,(H,73,87)(H,74,88)(H,75,89)(H,76,82)(H,77,90)(H3,71,72,92)/t45-,46-,51?,52+,53-,58+,59+,60+,61+,62-,63-/m1/s1. The number of hydrogen-bond acceptors (Lipinski definition) is 15. The van der Waals surface area contributed by atoms with Crippen molar-refractivity contribution >= 4 is 71.0 Å². The molecule has 0 spiro atoms. The molecular formula is C70H107N11O15. The van der Waals surface area contributed by atoms with Gasteiger partial charge in [0.15, 0.2) is 0 Å². The number of carbonyl (C=O) groups is 11. The number of benzene rings is 2. The van der Waals surface area contributed by atoms with Crippen LogP contribution in [0.15, 0.2) is 66.7 Å². The van der Waals surface area contributed by atoms with E-state index in [4.69, 9.17) is 19.9 Å². The Hall–Kier alpha value is -7.97. The topological polar surface area (TPSA) is 347 Å². The highest BCUT2D eigenvalue weighted by molar-refractivity contribution is 6.12. The second-order valence-electron chi connectivity index (χ2n) is 26.8. The minimum absolute atomic E-state index is 0.0248. The highest BCUT2D eigenvalue weighted by Gasteiger charge is 2.45. The number of likely N-dealkylation sites (N-methyl/N-ethyl adjacent to an activating group) is 2. The molecule has 12 amide bonds. The zero-order valence-corrected chi connectivity index (χ0v) is 58.3. The molecule has 1 unspecified atom stereocenters. The van der Waals surface area contributed by atoms with Gasteiger partial charge in [0.1, 0.15) is 30.8 Å². The van der Waals surface area contributed by atoms with Gasteiger partial charge in [-0.25, -0.2) is 9.59 Å². The number of aliphatic hydroxyl groups is 1. The molecule has 0 radical (unpaired) electrons. The lowest BCUT2D eigenvalue weighted by atomic mass is 9.80. The largest absolute Gasteiger partial charge is 0.445 e. The lowest BCUT2D eigenvalue weighted by Gasteiger charge is -2.43. The molecule has 3 aliphatic rings. The van der Waals surface area contributed by atoms with E-state index in [1.165, 1.54) is 38.3 Å². The van der Waals surface area contributed by atoms with Gasteiger partial charge in [0.05, 0.1) is 48.8 Å². The molecular weight excluding hydrogens is 1230 g/mol. The third-order valence-electron chi connectivity index (χ3n) is 18.6. The number of hydrogen-bond donors (Lipinski definition) is 8. The van der Waals surface area contributed by atoms with E-state index in [2.05, 4.69) is 31.9 Å². The van der Waals surface area contributed by atoms with Crippen LogP contribution in [0, 0.1) is 29.6 Å². The molecule has 0 bridgehead atoms. The second kappa shape index (κ2) is 38.7. The quantitative estimate of drug-likeness (QED) is 0.0301. The number of anilines is 1. The summed E-state index contributed by atoms with van der Waals surface area (Å²) in [5, 5.41) is 27.7. The molecule has 11 atom stereocenters. The van der Waals surface area contributed by atoms with Crippen LogP contribution in [0.4, 0.5) is 15.3 Å². The van der Waals surface area contributed by atoms with Crippen LogP contribution in [0.25, 0.3) is 0 Å². The summed E-state index contributed by atoms with van der Waals surface area (Å²) < 4.78 is 17.9. The van der Waals surface area contributed by atoms with Crippen LogP contribution in [0.3, 0.4) is 0 Å². The fraction of sp³-hybridized carbons (Fsp3) is 0.643. The van der Waals surface area contributed by atoms with Crippen molar-refractivity contribution in [1.82, 2.24) is 46.2 Å². The van der Waals surface area contributed by atoms with Crippen LogP contribution in [0.2, 0.25) is 0 Å². The van der Waals surface area contributed by atoms with Crippen molar-refractivity contribution in [1.29, 1.82) is 0 Å². The minimum atomic E-state index is -1.11. The van der Waals surface area contributed by atoms with E-state index < -0.39 is 108 Å². The van der Waals surface area contributed by atoms with E-state index in [-0.39, 0.29) is 92.7 Å². The molecule has 2 aromatic rings. The summed E-state index contributed by atoms with van der Waals surface area (Å²) in [5.41, 5.74) is 6.79. The van der Waals surface area contributed by atoms with Gasteiger partial charge in [-0.15, -0.1) is 0 Å². The van der Waals surface area contributed by atoms with Gasteiger partial charge in [-0.3, -0.25) is 53.0 Å². The van der Waals surface area contributed by atoms with Crippen LogP contribution >= 0.6 is 0 Å². The van der Waals surface area contributed by atoms with Gasteiger partial charge in [-0.2, -0.15) is 0 Å². The normalized spacial score (nSPS) is 18.1. The first-order chi connectivity index (χ1) is 45.6. The summed E-state index contributed by atoms with van der Waals surface area (Å²) >= 11 is 0. The maximum atomic E-state index is 15.0. The summed E-state index contributed by atoms with van der Waals surface area (Å²) in [6.07, 6.45) is 6.94. The van der Waals surface area contributed by atoms with Gasteiger partial charge in [-0.1, -0.05) is 117 Å². The van der Waals surface area contributed by atoms with Gasteiger partial charge in [-0.05, 0) is 105 Å². The number of unbranched alkanes of at least 4 members (excludes halogenated alkanes) is 2. The Kier molecular flexibility index (Phi) is 31.7. The number of primary amides is 1. The molecule has 2 fully saturated rings. The van der Waals surface area contributed by atoms with E-state index in [1.54, 1.807) is 94.8 Å². The summed E-state index contributed by atoms with van der Waals surface area (Å²) in [6, 6.07) is 8.91. The Bertz CT molecular complexity index is 2940. The molecule has 2 heterocycles. The van der Waals surface area contributed by atoms with E-state index >= 15 is 4.79 Å². The van der Waals surface area contributed by atoms with Crippen LogP contribution in [0.5, 0.6) is 0 Å². The molecule has 1 aliphatic carbocycles. The van der Waals surface area contributed by atoms with Gasteiger partial charge >= 0.3 is 12.1 Å². The SMILES string of the molecule is CO[C@H]([C@@H](C)C(=O)N[C@H](C)[C@@H](O)c1ccccc1)[C@@H]1CCCN1C(=O)C[C@@H](OC)[C@H](C1CCCCC1)N(C)C(=O)[C@@H](NC(=O)[C@H](C(C)C)N(C)C(=O)OCc1ccc(NC(=O)C(CCCNC(N)=O)NC(=O)[C@@H](NC(=O)CCCCCN2C(=O)C=CC2=O)C(C)C)cc1)C(C)C. The lowest BCUT2D eigenvalue weighted by Crippen LogP contribution is -2.60. The Balaban J connectivity index is 1.19. The molecule has 96 heavy (non-hydrogen) atoms. The molecule has 2 aliphatic heterocycles. The van der Waals surface area contributed by atoms with Gasteiger partial charge in [0.25, 0.3) is 11.8 Å². The summed E-state index contributed by atoms with van der Waals surface area (Å²) in [5.74, 6) is -5.73. The number of urea groups is 1. The smallest absolute Gasteiger partial charge is 0.410 e. The maximum Gasteiger partial charge on any atom is 0.410 e. The van der Waals surface area contributed by atoms with Crippen LogP contribution in [0.1, 0.15) is 163 Å². The zero-order chi connectivity index (χ0) is 70.9. The zero-order valence-electron chi connectivity index (χ0n) is 58.3. The third kappa shape index (κ3) is 22.8. The van der Waals surface area contributed by atoms with Crippen LogP contribution in [-0.2, 0) is 64.0 Å². The molecule has 1 saturated carbocycles. The number of methoxy groups -OCH3 is 2. The van der Waals surface area contributed by atoms with Gasteiger partial charge in [0.2, 0.25) is 41.4 Å². The van der Waals surface area contributed by atoms with E-state index in [1.807, 2.05) is 32.0 Å². The van der Waals surface area contributed by atoms with E-state index in [0.29, 0.717) is 55.5 Å². The maximum absolute atomic E-state index is 15.0. The van der Waals surface area contributed by atoms with Crippen LogP contribution < -0.4 is 37.6 Å². The fourth-order valence-electron chi connectivity index (χ4n) is 13.2. The van der Waals surface area contributed by atoms with E-state index in [9.17, 15) is 53.1 Å². The number of carbonyl (C=O) groups excluding carboxylic acids is 11. The molecule has 5 rings (SSSR count). The number of ether oxygens (including phenoxy) is 3. The monoisotopic (exact) mass is 1340 g/mol. The van der Waals surface area contributed by atoms with Crippen molar-refractivity contribution in [3.63, 3.8) is 0 Å². The molecule has 1 saturated heterocycles. The number of nitrogens with two attached hydrogens (primary N) is 1. The van der Waals surface area contributed by atoms with Crippen molar-refractivity contribution in [2.45, 2.75) is 212 Å². The number of nitrogens with one attached hydrogen (secondary N) is 6. The molecule has 26 heteroatoms. The summed E-state index contributed by atoms with van der Waals surface area (Å²) in [4.78, 5) is 153. The predicted molar refractivity (Wildman–Crippen MR) is 361 cm³/mol. The number of rotatable bonds is 37. The van der Waals surface area contributed by atoms with Crippen molar-refractivity contribution in [2.75, 3.05) is 53.3 Å². The summed E-state index contributed by atoms with van der Waals surface area (Å²) in [7, 11) is 6.21. The van der Waals surface area contributed by atoms with E-state index in [0.717, 1.165) is 37.0 Å². The Labute approximate surface area is 566 Å². The third-order valence-corrected chi connectivity index (χ3v) is 18.6. The highest BCUT2D eigenvalue weighted by Crippen LogP contribution is 2.35. The molecule has 0 aromatic heterocycles. The Morgan fingerprint density at radius 1 is 0.677 bits per heavy atom. The Morgan fingerprint density at radius 2 is 1.32 bits per heavy atom. The predicted octanol–water partition coefficient (Wildman–Crippen LogP) is 5.61. The highest BCUT2D eigenvalue weighted by atomic mass is 16.6. The molecule has 2 aromatic carbocycles. The number of nitrogens with zero attached hydrogens (tertiary/aromatic N) is 4. The number of imide groups is 1. The molecule has 532 valence electrons. The average molecular weight is 1340 g/mol. The number of likely N-dealkylation sites (tertiary alicyclic amines) is 1. The van der Waals surface area contributed by atoms with Crippen molar-refractivity contribution in [3.8, 4) is 0 Å². The first-order valence-corrected chi connectivity index (χ1v) is 34.0. The number of aliphatic hydroxyl groups excluding tert-OH is 1. The van der Waals surface area contributed by atoms with Gasteiger partial charge < -0.3 is 66.8 Å². The molecule has 9 N–H and O–H groups in total. The first kappa shape index (κ1) is 78.7. The summed E-state index contributed by atoms with van der Waals surface area (Å²) in [6.45, 7) is 14.8. The fourth-order valence-corrected chi connectivity index (χ4v) is 13.2.